The lowest BCUT2D eigenvalue weighted by atomic mass is 10.2. The van der Waals surface area contributed by atoms with Crippen LogP contribution in [0.2, 0.25) is 0 Å². The Morgan fingerprint density at radius 2 is 2.18 bits per heavy atom. The van der Waals surface area contributed by atoms with Crippen LogP contribution < -0.4 is 5.73 Å². The molecule has 0 bridgehead atoms. The summed E-state index contributed by atoms with van der Waals surface area (Å²) in [6, 6.07) is 3.54. The lowest BCUT2D eigenvalue weighted by Crippen LogP contribution is -2.35. The first-order chi connectivity index (χ1) is 8.04. The van der Waals surface area contributed by atoms with Gasteiger partial charge in [-0.25, -0.2) is 0 Å². The topological polar surface area (TPSA) is 59.5 Å². The first-order valence-electron chi connectivity index (χ1n) is 6.10. The predicted octanol–water partition coefficient (Wildman–Crippen LogP) is 2.04. The number of nitrogens with zero attached hydrogens (tertiary/aromatic N) is 1. The summed E-state index contributed by atoms with van der Waals surface area (Å²) >= 11 is 0. The van der Waals surface area contributed by atoms with Crippen LogP contribution in [0.25, 0.3) is 0 Å². The molecule has 0 radical (unpaired) electrons. The third-order valence-electron chi connectivity index (χ3n) is 2.46. The van der Waals surface area contributed by atoms with Crippen LogP contribution in [-0.2, 0) is 0 Å². The number of amides is 1. The Balaban J connectivity index is 2.71. The fourth-order valence-corrected chi connectivity index (χ4v) is 1.70. The standard InChI is InChI=1S/C13H22N2O2/c1-10(2)9-15(8-4-7-14)13(16)12-6-5-11(3)17-12/h5-6,10H,4,7-9,14H2,1-3H3. The van der Waals surface area contributed by atoms with E-state index in [-0.39, 0.29) is 5.91 Å². The van der Waals surface area contributed by atoms with E-state index in [9.17, 15) is 4.79 Å². The second-order valence-corrected chi connectivity index (χ2v) is 4.70. The molecule has 17 heavy (non-hydrogen) atoms. The largest absolute Gasteiger partial charge is 0.456 e. The van der Waals surface area contributed by atoms with Crippen molar-refractivity contribution < 1.29 is 9.21 Å². The van der Waals surface area contributed by atoms with E-state index in [1.165, 1.54) is 0 Å². The fourth-order valence-electron chi connectivity index (χ4n) is 1.70. The zero-order valence-electron chi connectivity index (χ0n) is 10.9. The number of rotatable bonds is 6. The van der Waals surface area contributed by atoms with Crippen LogP contribution in [0.3, 0.4) is 0 Å². The highest BCUT2D eigenvalue weighted by Crippen LogP contribution is 2.11. The van der Waals surface area contributed by atoms with Gasteiger partial charge in [-0.2, -0.15) is 0 Å². The Morgan fingerprint density at radius 3 is 2.65 bits per heavy atom. The molecular weight excluding hydrogens is 216 g/mol. The highest BCUT2D eigenvalue weighted by molar-refractivity contribution is 5.91. The van der Waals surface area contributed by atoms with Crippen molar-refractivity contribution in [2.75, 3.05) is 19.6 Å². The maximum atomic E-state index is 12.2. The summed E-state index contributed by atoms with van der Waals surface area (Å²) in [6.07, 6.45) is 0.818. The van der Waals surface area contributed by atoms with Gasteiger partial charge in [0.2, 0.25) is 0 Å². The van der Waals surface area contributed by atoms with Crippen LogP contribution in [0.4, 0.5) is 0 Å². The molecule has 1 rings (SSSR count). The molecule has 4 nitrogen and oxygen atoms in total. The third-order valence-corrected chi connectivity index (χ3v) is 2.46. The van der Waals surface area contributed by atoms with Crippen molar-refractivity contribution in [2.45, 2.75) is 27.2 Å². The van der Waals surface area contributed by atoms with Crippen LogP contribution in [0, 0.1) is 12.8 Å². The molecular formula is C13H22N2O2. The Kier molecular flexibility index (Phi) is 5.22. The summed E-state index contributed by atoms with van der Waals surface area (Å²) in [5, 5.41) is 0. The molecule has 4 heteroatoms. The molecule has 0 saturated carbocycles. The number of furan rings is 1. The molecule has 1 aromatic heterocycles. The first-order valence-corrected chi connectivity index (χ1v) is 6.10. The number of carbonyl (C=O) groups is 1. The van der Waals surface area contributed by atoms with Crippen LogP contribution in [0.5, 0.6) is 0 Å². The van der Waals surface area contributed by atoms with Gasteiger partial charge in [0, 0.05) is 13.1 Å². The maximum Gasteiger partial charge on any atom is 0.289 e. The van der Waals surface area contributed by atoms with Gasteiger partial charge in [0.1, 0.15) is 5.76 Å². The summed E-state index contributed by atoms with van der Waals surface area (Å²) in [7, 11) is 0. The highest BCUT2D eigenvalue weighted by Gasteiger charge is 2.19. The SMILES string of the molecule is Cc1ccc(C(=O)N(CCCN)CC(C)C)o1. The molecule has 1 heterocycles. The minimum absolute atomic E-state index is 0.0414. The molecule has 0 aliphatic rings. The lowest BCUT2D eigenvalue weighted by molar-refractivity contribution is 0.0701. The second-order valence-electron chi connectivity index (χ2n) is 4.70. The molecule has 0 unspecified atom stereocenters. The number of aryl methyl sites for hydroxylation is 1. The minimum Gasteiger partial charge on any atom is -0.456 e. The average Bonchev–Trinajstić information content (AvgIpc) is 2.69. The molecule has 0 aliphatic heterocycles. The van der Waals surface area contributed by atoms with Gasteiger partial charge in [0.25, 0.3) is 5.91 Å². The van der Waals surface area contributed by atoms with Gasteiger partial charge in [-0.3, -0.25) is 4.79 Å². The fraction of sp³-hybridized carbons (Fsp3) is 0.615. The van der Waals surface area contributed by atoms with E-state index in [1.54, 1.807) is 6.07 Å². The quantitative estimate of drug-likeness (QED) is 0.825. The van der Waals surface area contributed by atoms with E-state index in [0.29, 0.717) is 24.8 Å². The van der Waals surface area contributed by atoms with Crippen molar-refractivity contribution in [2.24, 2.45) is 11.7 Å². The average molecular weight is 238 g/mol. The Labute approximate surface area is 103 Å². The molecule has 0 aliphatic carbocycles. The molecule has 1 aromatic rings. The monoisotopic (exact) mass is 238 g/mol. The zero-order valence-corrected chi connectivity index (χ0v) is 10.9. The Morgan fingerprint density at radius 1 is 1.47 bits per heavy atom. The maximum absolute atomic E-state index is 12.2. The molecule has 0 atom stereocenters. The summed E-state index contributed by atoms with van der Waals surface area (Å²) in [4.78, 5) is 14.0. The molecule has 0 spiro atoms. The summed E-state index contributed by atoms with van der Waals surface area (Å²) in [5.41, 5.74) is 5.49. The highest BCUT2D eigenvalue weighted by atomic mass is 16.3. The lowest BCUT2D eigenvalue weighted by Gasteiger charge is -2.23. The van der Waals surface area contributed by atoms with E-state index in [0.717, 1.165) is 18.7 Å². The Hall–Kier alpha value is -1.29. The third kappa shape index (κ3) is 4.23. The van der Waals surface area contributed by atoms with Crippen LogP contribution in [-0.4, -0.2) is 30.4 Å². The van der Waals surface area contributed by atoms with Crippen LogP contribution in [0.1, 0.15) is 36.6 Å². The van der Waals surface area contributed by atoms with Crippen LogP contribution in [0.15, 0.2) is 16.5 Å². The van der Waals surface area contributed by atoms with Crippen molar-refractivity contribution >= 4 is 5.91 Å². The Bertz CT molecular complexity index is 358. The van der Waals surface area contributed by atoms with Crippen LogP contribution >= 0.6 is 0 Å². The van der Waals surface area contributed by atoms with E-state index in [1.807, 2.05) is 17.9 Å². The number of hydrogen-bond acceptors (Lipinski definition) is 3. The minimum atomic E-state index is -0.0414. The van der Waals surface area contributed by atoms with Gasteiger partial charge >= 0.3 is 0 Å². The van der Waals surface area contributed by atoms with Gasteiger partial charge in [0.05, 0.1) is 0 Å². The van der Waals surface area contributed by atoms with Crippen molar-refractivity contribution in [3.63, 3.8) is 0 Å². The zero-order chi connectivity index (χ0) is 12.8. The van der Waals surface area contributed by atoms with Gasteiger partial charge in [-0.15, -0.1) is 0 Å². The molecule has 1 amide bonds. The summed E-state index contributed by atoms with van der Waals surface area (Å²) in [5.74, 6) is 1.57. The second kappa shape index (κ2) is 6.45. The van der Waals surface area contributed by atoms with Crippen molar-refractivity contribution in [1.29, 1.82) is 0 Å². The molecule has 96 valence electrons. The van der Waals surface area contributed by atoms with E-state index in [4.69, 9.17) is 10.2 Å². The summed E-state index contributed by atoms with van der Waals surface area (Å²) in [6.45, 7) is 8.04. The van der Waals surface area contributed by atoms with Crippen molar-refractivity contribution in [1.82, 2.24) is 4.90 Å². The van der Waals surface area contributed by atoms with Crippen molar-refractivity contribution in [3.8, 4) is 0 Å². The predicted molar refractivity (Wildman–Crippen MR) is 67.9 cm³/mol. The molecule has 0 aromatic carbocycles. The van der Waals surface area contributed by atoms with Gasteiger partial charge in [-0.1, -0.05) is 13.8 Å². The van der Waals surface area contributed by atoms with E-state index >= 15 is 0 Å². The summed E-state index contributed by atoms with van der Waals surface area (Å²) < 4.78 is 5.37. The van der Waals surface area contributed by atoms with E-state index in [2.05, 4.69) is 13.8 Å². The van der Waals surface area contributed by atoms with Gasteiger partial charge < -0.3 is 15.1 Å². The smallest absolute Gasteiger partial charge is 0.289 e. The van der Waals surface area contributed by atoms with Crippen molar-refractivity contribution in [3.05, 3.63) is 23.7 Å². The number of nitrogens with two attached hydrogens (primary N) is 1. The number of carbonyl (C=O) groups excluding carboxylic acids is 1. The van der Waals surface area contributed by atoms with Gasteiger partial charge in [-0.05, 0) is 37.9 Å². The normalized spacial score (nSPS) is 10.9. The molecule has 0 fully saturated rings. The molecule has 2 N–H and O–H groups in total. The van der Waals surface area contributed by atoms with E-state index < -0.39 is 0 Å². The number of hydrogen-bond donors (Lipinski definition) is 1. The van der Waals surface area contributed by atoms with Gasteiger partial charge in [0.15, 0.2) is 5.76 Å². The molecule has 0 saturated heterocycles. The first kappa shape index (κ1) is 13.8.